The highest BCUT2D eigenvalue weighted by Crippen LogP contribution is 2.38. The molecule has 0 spiro atoms. The van der Waals surface area contributed by atoms with Gasteiger partial charge in [-0.3, -0.25) is 4.79 Å². The van der Waals surface area contributed by atoms with Gasteiger partial charge in [0.2, 0.25) is 0 Å². The minimum absolute atomic E-state index is 0.409. The highest BCUT2D eigenvalue weighted by Gasteiger charge is 2.51. The van der Waals surface area contributed by atoms with Gasteiger partial charge < -0.3 is 15.1 Å². The summed E-state index contributed by atoms with van der Waals surface area (Å²) in [6.07, 6.45) is -2.36. The second kappa shape index (κ2) is 3.32. The van der Waals surface area contributed by atoms with E-state index in [2.05, 4.69) is 0 Å². The Hall–Kier alpha value is -1.40. The van der Waals surface area contributed by atoms with Crippen LogP contribution in [0, 0.1) is 5.41 Å². The molecule has 0 bridgehead atoms. The van der Waals surface area contributed by atoms with E-state index in [-0.39, 0.29) is 0 Å². The number of hydrogen-bond donors (Lipinski definition) is 2. The Kier molecular flexibility index (Phi) is 2.58. The van der Waals surface area contributed by atoms with Gasteiger partial charge >= 0.3 is 12.1 Å². The van der Waals surface area contributed by atoms with Crippen molar-refractivity contribution in [1.82, 2.24) is 4.90 Å². The summed E-state index contributed by atoms with van der Waals surface area (Å²) < 4.78 is 26.2. The van der Waals surface area contributed by atoms with Gasteiger partial charge in [0.15, 0.2) is 0 Å². The van der Waals surface area contributed by atoms with Crippen LogP contribution in [0.2, 0.25) is 0 Å². The molecule has 0 aromatic carbocycles. The number of aliphatic carboxylic acids is 1. The molecule has 15 heavy (non-hydrogen) atoms. The summed E-state index contributed by atoms with van der Waals surface area (Å²) in [7, 11) is 0. The average Bonchev–Trinajstić information content (AvgIpc) is 1.99. The second-order valence-corrected chi connectivity index (χ2v) is 4.04. The lowest BCUT2D eigenvalue weighted by Gasteiger charge is -2.40. The topological polar surface area (TPSA) is 77.8 Å². The smallest absolute Gasteiger partial charge is 0.407 e. The molecule has 1 atom stereocenters. The van der Waals surface area contributed by atoms with Crippen LogP contribution in [-0.4, -0.2) is 46.2 Å². The molecule has 0 saturated carbocycles. The van der Waals surface area contributed by atoms with Crippen LogP contribution in [0.1, 0.15) is 13.3 Å². The fourth-order valence-corrected chi connectivity index (χ4v) is 1.72. The fourth-order valence-electron chi connectivity index (χ4n) is 1.72. The molecule has 0 aromatic heterocycles. The molecule has 1 amide bonds. The first-order valence-corrected chi connectivity index (χ1v) is 4.25. The molecule has 86 valence electrons. The normalized spacial score (nSPS) is 29.9. The van der Waals surface area contributed by atoms with Crippen molar-refractivity contribution in [2.45, 2.75) is 19.3 Å². The quantitative estimate of drug-likeness (QED) is 0.697. The van der Waals surface area contributed by atoms with Crippen molar-refractivity contribution in [3.8, 4) is 0 Å². The Morgan fingerprint density at radius 3 is 2.20 bits per heavy atom. The van der Waals surface area contributed by atoms with Gasteiger partial charge in [0, 0.05) is 13.0 Å². The molecule has 1 aliphatic heterocycles. The molecular formula is C8H11F2NO4. The van der Waals surface area contributed by atoms with Crippen LogP contribution >= 0.6 is 0 Å². The Labute approximate surface area is 84.3 Å². The van der Waals surface area contributed by atoms with Crippen LogP contribution < -0.4 is 0 Å². The summed E-state index contributed by atoms with van der Waals surface area (Å²) >= 11 is 0. The second-order valence-electron chi connectivity index (χ2n) is 4.04. The number of alkyl halides is 2. The minimum atomic E-state index is -3.29. The van der Waals surface area contributed by atoms with Gasteiger partial charge in [0.05, 0.1) is 12.0 Å². The monoisotopic (exact) mass is 223 g/mol. The molecule has 5 nitrogen and oxygen atoms in total. The van der Waals surface area contributed by atoms with Crippen molar-refractivity contribution in [3.63, 3.8) is 0 Å². The first kappa shape index (κ1) is 11.7. The SMILES string of the molecule is CC1(C(=O)O)CN(C(=O)O)CC(F)(F)C1. The molecular weight excluding hydrogens is 212 g/mol. The number of amides is 1. The van der Waals surface area contributed by atoms with Gasteiger partial charge in [-0.2, -0.15) is 0 Å². The predicted molar refractivity (Wildman–Crippen MR) is 44.9 cm³/mol. The predicted octanol–water partition coefficient (Wildman–Crippen LogP) is 1.10. The van der Waals surface area contributed by atoms with Gasteiger partial charge in [-0.1, -0.05) is 0 Å². The highest BCUT2D eigenvalue weighted by atomic mass is 19.3. The van der Waals surface area contributed by atoms with Crippen LogP contribution in [0.5, 0.6) is 0 Å². The Balaban J connectivity index is 2.95. The van der Waals surface area contributed by atoms with Crippen molar-refractivity contribution >= 4 is 12.1 Å². The van der Waals surface area contributed by atoms with Crippen molar-refractivity contribution in [3.05, 3.63) is 0 Å². The van der Waals surface area contributed by atoms with Crippen molar-refractivity contribution in [2.24, 2.45) is 5.41 Å². The lowest BCUT2D eigenvalue weighted by atomic mass is 9.80. The third kappa shape index (κ3) is 2.34. The van der Waals surface area contributed by atoms with E-state index in [4.69, 9.17) is 10.2 Å². The third-order valence-corrected chi connectivity index (χ3v) is 2.40. The largest absolute Gasteiger partial charge is 0.481 e. The van der Waals surface area contributed by atoms with Gasteiger partial charge in [0.25, 0.3) is 5.92 Å². The van der Waals surface area contributed by atoms with Crippen LogP contribution in [0.4, 0.5) is 13.6 Å². The number of hydrogen-bond acceptors (Lipinski definition) is 2. The first-order chi connectivity index (χ1) is 6.66. The lowest BCUT2D eigenvalue weighted by Crippen LogP contribution is -2.55. The average molecular weight is 223 g/mol. The van der Waals surface area contributed by atoms with E-state index in [0.29, 0.717) is 4.90 Å². The van der Waals surface area contributed by atoms with E-state index < -0.39 is 42.9 Å². The van der Waals surface area contributed by atoms with E-state index in [1.54, 1.807) is 0 Å². The van der Waals surface area contributed by atoms with E-state index in [1.165, 1.54) is 0 Å². The maximum absolute atomic E-state index is 13.1. The summed E-state index contributed by atoms with van der Waals surface area (Å²) in [5, 5.41) is 17.4. The molecule has 1 saturated heterocycles. The molecule has 7 heteroatoms. The van der Waals surface area contributed by atoms with Gasteiger partial charge in [-0.15, -0.1) is 0 Å². The van der Waals surface area contributed by atoms with Gasteiger partial charge in [-0.25, -0.2) is 13.6 Å². The van der Waals surface area contributed by atoms with Gasteiger partial charge in [-0.05, 0) is 6.92 Å². The van der Waals surface area contributed by atoms with E-state index in [9.17, 15) is 18.4 Å². The van der Waals surface area contributed by atoms with E-state index >= 15 is 0 Å². The molecule has 1 fully saturated rings. The summed E-state index contributed by atoms with van der Waals surface area (Å²) in [5.74, 6) is -4.70. The zero-order valence-electron chi connectivity index (χ0n) is 8.04. The van der Waals surface area contributed by atoms with Crippen LogP contribution in [0.15, 0.2) is 0 Å². The van der Waals surface area contributed by atoms with Crippen LogP contribution in [-0.2, 0) is 4.79 Å². The van der Waals surface area contributed by atoms with Crippen molar-refractivity contribution < 1.29 is 28.6 Å². The molecule has 1 unspecified atom stereocenters. The number of halogens is 2. The lowest BCUT2D eigenvalue weighted by molar-refractivity contribution is -0.164. The summed E-state index contributed by atoms with van der Waals surface area (Å²) in [6, 6.07) is 0. The summed E-state index contributed by atoms with van der Waals surface area (Å²) in [4.78, 5) is 21.8. The van der Waals surface area contributed by atoms with Crippen LogP contribution in [0.25, 0.3) is 0 Å². The number of carboxylic acid groups (broad SMARTS) is 2. The minimum Gasteiger partial charge on any atom is -0.481 e. The zero-order chi connectivity index (χ0) is 11.9. The number of piperidine rings is 1. The first-order valence-electron chi connectivity index (χ1n) is 4.25. The molecule has 1 aliphatic rings. The Morgan fingerprint density at radius 1 is 1.27 bits per heavy atom. The third-order valence-electron chi connectivity index (χ3n) is 2.40. The number of likely N-dealkylation sites (tertiary alicyclic amines) is 1. The Bertz CT molecular complexity index is 307. The number of nitrogens with zero attached hydrogens (tertiary/aromatic N) is 1. The van der Waals surface area contributed by atoms with Crippen molar-refractivity contribution in [2.75, 3.05) is 13.1 Å². The van der Waals surface area contributed by atoms with E-state index in [1.807, 2.05) is 0 Å². The van der Waals surface area contributed by atoms with Gasteiger partial charge in [0.1, 0.15) is 0 Å². The molecule has 0 aliphatic carbocycles. The molecule has 2 N–H and O–H groups in total. The Morgan fingerprint density at radius 2 is 1.80 bits per heavy atom. The fraction of sp³-hybridized carbons (Fsp3) is 0.750. The number of carboxylic acids is 1. The zero-order valence-corrected chi connectivity index (χ0v) is 8.04. The standard InChI is InChI=1S/C8H11F2NO4/c1-7(5(12)13)2-8(9,10)4-11(3-7)6(14)15/h2-4H2,1H3,(H,12,13)(H,14,15). The van der Waals surface area contributed by atoms with Crippen molar-refractivity contribution in [1.29, 1.82) is 0 Å². The highest BCUT2D eigenvalue weighted by molar-refractivity contribution is 5.76. The maximum atomic E-state index is 13.1. The van der Waals surface area contributed by atoms with E-state index in [0.717, 1.165) is 6.92 Å². The maximum Gasteiger partial charge on any atom is 0.407 e. The molecule has 1 rings (SSSR count). The summed E-state index contributed by atoms with van der Waals surface area (Å²) in [5.41, 5.74) is -1.72. The molecule has 1 heterocycles. The molecule has 0 radical (unpaired) electrons. The summed E-state index contributed by atoms with van der Waals surface area (Å²) in [6.45, 7) is -0.225. The number of rotatable bonds is 1. The van der Waals surface area contributed by atoms with Crippen LogP contribution in [0.3, 0.4) is 0 Å². The number of carbonyl (C=O) groups is 2. The molecule has 0 aromatic rings.